The maximum absolute atomic E-state index is 12.7. The Kier molecular flexibility index (Phi) is 4.45. The average molecular weight is 343 g/mol. The highest BCUT2D eigenvalue weighted by molar-refractivity contribution is 7.89. The van der Waals surface area contributed by atoms with Crippen molar-refractivity contribution in [2.45, 2.75) is 30.6 Å². The lowest BCUT2D eigenvalue weighted by atomic mass is 9.98. The highest BCUT2D eigenvalue weighted by Gasteiger charge is 2.40. The quantitative estimate of drug-likeness (QED) is 0.819. The first kappa shape index (κ1) is 16.4. The van der Waals surface area contributed by atoms with Gasteiger partial charge in [-0.05, 0) is 25.1 Å². The van der Waals surface area contributed by atoms with E-state index in [-0.39, 0.29) is 23.8 Å². The van der Waals surface area contributed by atoms with E-state index in [4.69, 9.17) is 14.3 Å². The van der Waals surface area contributed by atoms with Crippen molar-refractivity contribution in [2.24, 2.45) is 5.14 Å². The summed E-state index contributed by atoms with van der Waals surface area (Å²) in [6, 6.07) is 2.51. The van der Waals surface area contributed by atoms with Crippen LogP contribution in [-0.2, 0) is 14.8 Å². The van der Waals surface area contributed by atoms with Crippen LogP contribution in [0.3, 0.4) is 0 Å². The highest BCUT2D eigenvalue weighted by Crippen LogP contribution is 2.25. The smallest absolute Gasteiger partial charge is 0.290 e. The predicted octanol–water partition coefficient (Wildman–Crippen LogP) is -0.138. The number of likely N-dealkylation sites (tertiary alicyclic amines) is 1. The number of likely N-dealkylation sites (N-methyl/N-ethyl adjacent to an activating group) is 1. The van der Waals surface area contributed by atoms with Gasteiger partial charge in [-0.3, -0.25) is 4.79 Å². The summed E-state index contributed by atoms with van der Waals surface area (Å²) in [5.74, 6) is -0.334. The lowest BCUT2D eigenvalue weighted by molar-refractivity contribution is -0.0902. The van der Waals surface area contributed by atoms with E-state index in [2.05, 4.69) is 11.8 Å². The maximum atomic E-state index is 12.7. The van der Waals surface area contributed by atoms with Gasteiger partial charge in [-0.1, -0.05) is 6.92 Å². The fraction of sp³-hybridized carbons (Fsp3) is 0.643. The lowest BCUT2D eigenvalue weighted by Gasteiger charge is -2.46. The number of fused-ring (bicyclic) bond motifs is 1. The van der Waals surface area contributed by atoms with Gasteiger partial charge in [0.15, 0.2) is 5.76 Å². The molecule has 0 bridgehead atoms. The third-order valence-corrected chi connectivity index (χ3v) is 5.23. The summed E-state index contributed by atoms with van der Waals surface area (Å²) in [5, 5.41) is 4.62. The molecule has 3 rings (SSSR count). The van der Waals surface area contributed by atoms with Crippen molar-refractivity contribution in [1.29, 1.82) is 0 Å². The van der Waals surface area contributed by atoms with Gasteiger partial charge >= 0.3 is 0 Å². The zero-order valence-electron chi connectivity index (χ0n) is 13.0. The van der Waals surface area contributed by atoms with Crippen molar-refractivity contribution in [3.63, 3.8) is 0 Å². The minimum atomic E-state index is -3.95. The summed E-state index contributed by atoms with van der Waals surface area (Å²) >= 11 is 0. The summed E-state index contributed by atoms with van der Waals surface area (Å²) in [6.45, 7) is 5.64. The molecule has 2 fully saturated rings. The molecule has 0 unspecified atom stereocenters. The van der Waals surface area contributed by atoms with Gasteiger partial charge in [-0.15, -0.1) is 0 Å². The van der Waals surface area contributed by atoms with Crippen molar-refractivity contribution in [2.75, 3.05) is 32.8 Å². The minimum absolute atomic E-state index is 0.0108. The van der Waals surface area contributed by atoms with Gasteiger partial charge in [0.25, 0.3) is 15.9 Å². The zero-order chi connectivity index (χ0) is 16.6. The second kappa shape index (κ2) is 6.23. The fourth-order valence-corrected chi connectivity index (χ4v) is 3.67. The number of nitrogens with two attached hydrogens (primary N) is 1. The van der Waals surface area contributed by atoms with E-state index in [1.807, 2.05) is 0 Å². The van der Waals surface area contributed by atoms with E-state index in [1.54, 1.807) is 4.90 Å². The largest absolute Gasteiger partial charge is 0.438 e. The number of carbonyl (C=O) groups excluding carboxylic acids is 1. The number of carbonyl (C=O) groups is 1. The van der Waals surface area contributed by atoms with E-state index in [0.717, 1.165) is 26.1 Å². The number of sulfonamides is 1. The van der Waals surface area contributed by atoms with E-state index in [0.29, 0.717) is 13.2 Å². The Morgan fingerprint density at radius 2 is 2.17 bits per heavy atom. The van der Waals surface area contributed by atoms with Gasteiger partial charge in [0, 0.05) is 19.6 Å². The van der Waals surface area contributed by atoms with Gasteiger partial charge in [0.05, 0.1) is 18.8 Å². The van der Waals surface area contributed by atoms with Crippen LogP contribution in [0.25, 0.3) is 0 Å². The molecule has 0 spiro atoms. The Balaban J connectivity index is 1.81. The van der Waals surface area contributed by atoms with Crippen LogP contribution in [0.2, 0.25) is 0 Å². The number of furan rings is 1. The summed E-state index contributed by atoms with van der Waals surface area (Å²) in [6.07, 6.45) is 0.895. The maximum Gasteiger partial charge on any atom is 0.290 e. The molecule has 0 aromatic carbocycles. The van der Waals surface area contributed by atoms with Crippen molar-refractivity contribution >= 4 is 15.9 Å². The molecular weight excluding hydrogens is 322 g/mol. The van der Waals surface area contributed by atoms with Crippen molar-refractivity contribution in [3.8, 4) is 0 Å². The number of piperidine rings is 1. The van der Waals surface area contributed by atoms with Crippen molar-refractivity contribution < 1.29 is 22.4 Å². The molecule has 23 heavy (non-hydrogen) atoms. The lowest BCUT2D eigenvalue weighted by Crippen LogP contribution is -2.61. The summed E-state index contributed by atoms with van der Waals surface area (Å²) in [5.41, 5.74) is 0. The molecular formula is C14H21N3O5S. The summed E-state index contributed by atoms with van der Waals surface area (Å²) < 4.78 is 33.5. The molecule has 128 valence electrons. The van der Waals surface area contributed by atoms with E-state index in [9.17, 15) is 13.2 Å². The van der Waals surface area contributed by atoms with E-state index < -0.39 is 15.1 Å². The summed E-state index contributed by atoms with van der Waals surface area (Å²) in [4.78, 5) is 16.7. The normalized spacial score (nSPS) is 26.1. The first-order valence-electron chi connectivity index (χ1n) is 7.67. The third kappa shape index (κ3) is 3.27. The molecule has 2 aliphatic heterocycles. The topological polar surface area (TPSA) is 106 Å². The first-order chi connectivity index (χ1) is 10.9. The molecule has 8 nitrogen and oxygen atoms in total. The molecule has 2 atom stereocenters. The molecule has 2 aliphatic rings. The minimum Gasteiger partial charge on any atom is -0.438 e. The Morgan fingerprint density at radius 1 is 1.39 bits per heavy atom. The van der Waals surface area contributed by atoms with Crippen LogP contribution >= 0.6 is 0 Å². The Labute approximate surface area is 135 Å². The van der Waals surface area contributed by atoms with Crippen LogP contribution < -0.4 is 5.14 Å². The predicted molar refractivity (Wildman–Crippen MR) is 81.4 cm³/mol. The van der Waals surface area contributed by atoms with Crippen LogP contribution in [0.5, 0.6) is 0 Å². The third-order valence-electron chi connectivity index (χ3n) is 4.45. The van der Waals surface area contributed by atoms with Crippen LogP contribution in [0.4, 0.5) is 0 Å². The molecule has 1 amide bonds. The van der Waals surface area contributed by atoms with Crippen LogP contribution in [0.15, 0.2) is 21.6 Å². The number of ether oxygens (including phenoxy) is 1. The molecule has 0 aliphatic carbocycles. The zero-order valence-corrected chi connectivity index (χ0v) is 13.8. The van der Waals surface area contributed by atoms with Gasteiger partial charge in [0.2, 0.25) is 5.09 Å². The number of nitrogens with zero attached hydrogens (tertiary/aromatic N) is 2. The number of morpholine rings is 1. The number of rotatable bonds is 3. The van der Waals surface area contributed by atoms with Gasteiger partial charge in [-0.2, -0.15) is 0 Å². The molecule has 2 saturated heterocycles. The van der Waals surface area contributed by atoms with Crippen LogP contribution in [-0.4, -0.2) is 69.1 Å². The standard InChI is InChI=1S/C14H21N3O5S/c1-2-16-6-5-11-10(9-16)17(7-8-21-11)14(18)12-3-4-13(22-12)23(15,19)20/h3-4,10-11H,2,5-9H2,1H3,(H2,15,19,20)/t10-,11+/m0/s1. The number of amides is 1. The van der Waals surface area contributed by atoms with Gasteiger partial charge in [-0.25, -0.2) is 13.6 Å². The molecule has 0 saturated carbocycles. The van der Waals surface area contributed by atoms with Crippen LogP contribution in [0.1, 0.15) is 23.9 Å². The fourth-order valence-electron chi connectivity index (χ4n) is 3.21. The van der Waals surface area contributed by atoms with Crippen molar-refractivity contribution in [3.05, 3.63) is 17.9 Å². The molecule has 1 aromatic rings. The monoisotopic (exact) mass is 343 g/mol. The molecule has 2 N–H and O–H groups in total. The average Bonchev–Trinajstić information content (AvgIpc) is 3.03. The number of hydrogen-bond donors (Lipinski definition) is 1. The first-order valence-corrected chi connectivity index (χ1v) is 9.22. The Bertz CT molecular complexity index is 686. The molecule has 9 heteroatoms. The highest BCUT2D eigenvalue weighted by atomic mass is 32.2. The number of primary sulfonamides is 1. The summed E-state index contributed by atoms with van der Waals surface area (Å²) in [7, 11) is -3.95. The second-order valence-electron chi connectivity index (χ2n) is 5.82. The van der Waals surface area contributed by atoms with Gasteiger partial charge in [0.1, 0.15) is 0 Å². The molecule has 1 aromatic heterocycles. The van der Waals surface area contributed by atoms with E-state index >= 15 is 0 Å². The Hall–Kier alpha value is -1.42. The Morgan fingerprint density at radius 3 is 2.83 bits per heavy atom. The molecule has 0 radical (unpaired) electrons. The van der Waals surface area contributed by atoms with Crippen molar-refractivity contribution in [1.82, 2.24) is 9.80 Å². The van der Waals surface area contributed by atoms with Crippen LogP contribution in [0, 0.1) is 0 Å². The van der Waals surface area contributed by atoms with Gasteiger partial charge < -0.3 is 19.0 Å². The van der Waals surface area contributed by atoms with E-state index in [1.165, 1.54) is 12.1 Å². The SMILES string of the molecule is CCN1CC[C@H]2OCCN(C(=O)c3ccc(S(N)(=O)=O)o3)[C@H]2C1. The molecule has 3 heterocycles. The second-order valence-corrected chi connectivity index (χ2v) is 7.31. The number of hydrogen-bond acceptors (Lipinski definition) is 6.